The molecule has 0 bridgehead atoms. The van der Waals surface area contributed by atoms with Crippen LogP contribution in [0.4, 0.5) is 5.69 Å². The van der Waals surface area contributed by atoms with Gasteiger partial charge in [-0.3, -0.25) is 4.79 Å². The number of nitrogens with one attached hydrogen (secondary N) is 1. The minimum absolute atomic E-state index is 0.0169. The Morgan fingerprint density at radius 2 is 1.92 bits per heavy atom. The van der Waals surface area contributed by atoms with Crippen LogP contribution < -0.4 is 10.1 Å². The highest BCUT2D eigenvalue weighted by molar-refractivity contribution is 6.31. The van der Waals surface area contributed by atoms with Crippen LogP contribution in [0.5, 0.6) is 5.75 Å². The highest BCUT2D eigenvalue weighted by Crippen LogP contribution is 2.45. The molecule has 1 amide bonds. The molecule has 0 aromatic heterocycles. The number of carbonyl (C=O) groups is 1. The van der Waals surface area contributed by atoms with Gasteiger partial charge in [-0.05, 0) is 74.6 Å². The Hall–Kier alpha value is -2.00. The molecular weight excluding hydrogens is 322 g/mol. The SMILES string of the molecule is CC1(C)CCc2cc([C@]3(C)C(=O)Nc4ccc(Cl)cc43)ccc2O1. The molecule has 2 aromatic rings. The van der Waals surface area contributed by atoms with Crippen molar-refractivity contribution >= 4 is 23.2 Å². The third-order valence-electron chi connectivity index (χ3n) is 5.24. The molecule has 24 heavy (non-hydrogen) atoms. The first-order valence-electron chi connectivity index (χ1n) is 8.23. The summed E-state index contributed by atoms with van der Waals surface area (Å²) in [6.45, 7) is 6.17. The average molecular weight is 342 g/mol. The van der Waals surface area contributed by atoms with Crippen LogP contribution in [0.3, 0.4) is 0 Å². The van der Waals surface area contributed by atoms with Gasteiger partial charge in [-0.2, -0.15) is 0 Å². The van der Waals surface area contributed by atoms with Crippen LogP contribution in [0, 0.1) is 0 Å². The molecule has 0 unspecified atom stereocenters. The zero-order valence-electron chi connectivity index (χ0n) is 14.1. The molecule has 2 heterocycles. The standard InChI is InChI=1S/C20H20ClNO2/c1-19(2)9-8-12-10-13(4-7-17(12)24-19)20(3)15-11-14(21)5-6-16(15)22-18(20)23/h4-7,10-11H,8-9H2,1-3H3,(H,22,23)/t20-/m0/s1. The lowest BCUT2D eigenvalue weighted by Crippen LogP contribution is -2.34. The zero-order valence-corrected chi connectivity index (χ0v) is 14.8. The molecule has 2 aliphatic heterocycles. The maximum Gasteiger partial charge on any atom is 0.239 e. The van der Waals surface area contributed by atoms with Crippen molar-refractivity contribution in [3.8, 4) is 5.75 Å². The van der Waals surface area contributed by atoms with Gasteiger partial charge in [-0.25, -0.2) is 0 Å². The van der Waals surface area contributed by atoms with Gasteiger partial charge in [-0.15, -0.1) is 0 Å². The van der Waals surface area contributed by atoms with E-state index in [9.17, 15) is 4.79 Å². The fourth-order valence-corrected chi connectivity index (χ4v) is 3.84. The number of aryl methyl sites for hydroxylation is 1. The van der Waals surface area contributed by atoms with Crippen LogP contribution in [0.2, 0.25) is 5.02 Å². The summed E-state index contributed by atoms with van der Waals surface area (Å²) in [5.74, 6) is 0.903. The Morgan fingerprint density at radius 1 is 1.12 bits per heavy atom. The molecule has 0 aliphatic carbocycles. The van der Waals surface area contributed by atoms with Crippen molar-refractivity contribution in [2.24, 2.45) is 0 Å². The summed E-state index contributed by atoms with van der Waals surface area (Å²) in [4.78, 5) is 12.8. The molecular formula is C20H20ClNO2. The molecule has 0 saturated heterocycles. The average Bonchev–Trinajstić information content (AvgIpc) is 2.78. The van der Waals surface area contributed by atoms with Crippen molar-refractivity contribution in [3.63, 3.8) is 0 Å². The van der Waals surface area contributed by atoms with E-state index in [2.05, 4.69) is 25.2 Å². The molecule has 0 fully saturated rings. The molecule has 3 nitrogen and oxygen atoms in total. The number of anilines is 1. The number of benzene rings is 2. The van der Waals surface area contributed by atoms with E-state index < -0.39 is 5.41 Å². The molecule has 124 valence electrons. The van der Waals surface area contributed by atoms with Crippen molar-refractivity contribution in [1.82, 2.24) is 0 Å². The van der Waals surface area contributed by atoms with E-state index in [1.165, 1.54) is 0 Å². The number of carbonyl (C=O) groups excluding carboxylic acids is 1. The predicted octanol–water partition coefficient (Wildman–Crippen LogP) is 4.70. The van der Waals surface area contributed by atoms with Crippen LogP contribution in [0.1, 0.15) is 43.9 Å². The molecule has 1 atom stereocenters. The summed E-state index contributed by atoms with van der Waals surface area (Å²) in [5, 5.41) is 3.62. The van der Waals surface area contributed by atoms with Gasteiger partial charge in [0.2, 0.25) is 5.91 Å². The lowest BCUT2D eigenvalue weighted by atomic mass is 9.76. The highest BCUT2D eigenvalue weighted by Gasteiger charge is 2.44. The quantitative estimate of drug-likeness (QED) is 0.816. The molecule has 1 N–H and O–H groups in total. The van der Waals surface area contributed by atoms with Gasteiger partial charge in [0.1, 0.15) is 11.4 Å². The van der Waals surface area contributed by atoms with Gasteiger partial charge in [0.05, 0.1) is 5.41 Å². The molecule has 0 radical (unpaired) electrons. The van der Waals surface area contributed by atoms with E-state index in [0.717, 1.165) is 41.0 Å². The Morgan fingerprint density at radius 3 is 2.71 bits per heavy atom. The van der Waals surface area contributed by atoms with Crippen molar-refractivity contribution in [3.05, 3.63) is 58.1 Å². The third-order valence-corrected chi connectivity index (χ3v) is 5.48. The Balaban J connectivity index is 1.82. The number of fused-ring (bicyclic) bond motifs is 2. The van der Waals surface area contributed by atoms with Gasteiger partial charge >= 0.3 is 0 Å². The summed E-state index contributed by atoms with van der Waals surface area (Å²) >= 11 is 6.17. The fourth-order valence-electron chi connectivity index (χ4n) is 3.67. The van der Waals surface area contributed by atoms with Gasteiger partial charge in [0, 0.05) is 10.7 Å². The van der Waals surface area contributed by atoms with Gasteiger partial charge in [-0.1, -0.05) is 23.7 Å². The van der Waals surface area contributed by atoms with Crippen molar-refractivity contribution < 1.29 is 9.53 Å². The smallest absolute Gasteiger partial charge is 0.239 e. The van der Waals surface area contributed by atoms with E-state index in [-0.39, 0.29) is 11.5 Å². The Kier molecular flexibility index (Phi) is 3.23. The maximum absolute atomic E-state index is 12.8. The van der Waals surface area contributed by atoms with Crippen LogP contribution in [0.15, 0.2) is 36.4 Å². The number of rotatable bonds is 1. The Labute approximate surface area is 147 Å². The van der Waals surface area contributed by atoms with E-state index in [1.54, 1.807) is 6.07 Å². The molecule has 0 saturated carbocycles. The van der Waals surface area contributed by atoms with Crippen LogP contribution >= 0.6 is 11.6 Å². The van der Waals surface area contributed by atoms with Crippen LogP contribution in [-0.2, 0) is 16.6 Å². The second-order valence-corrected chi connectivity index (χ2v) is 7.89. The number of halogens is 1. The van der Waals surface area contributed by atoms with Gasteiger partial charge in [0.25, 0.3) is 0 Å². The van der Waals surface area contributed by atoms with E-state index in [1.807, 2.05) is 31.2 Å². The number of hydrogen-bond donors (Lipinski definition) is 1. The minimum atomic E-state index is -0.734. The molecule has 2 aliphatic rings. The second-order valence-electron chi connectivity index (χ2n) is 7.45. The predicted molar refractivity (Wildman–Crippen MR) is 96.0 cm³/mol. The number of ether oxygens (including phenoxy) is 1. The molecule has 4 rings (SSSR count). The van der Waals surface area contributed by atoms with Crippen LogP contribution in [0.25, 0.3) is 0 Å². The maximum atomic E-state index is 12.8. The summed E-state index contributed by atoms with van der Waals surface area (Å²) in [5.41, 5.74) is 3.03. The zero-order chi connectivity index (χ0) is 17.1. The first-order valence-corrected chi connectivity index (χ1v) is 8.61. The van der Waals surface area contributed by atoms with Gasteiger partial charge in [0.15, 0.2) is 0 Å². The third kappa shape index (κ3) is 2.22. The lowest BCUT2D eigenvalue weighted by molar-refractivity contribution is -0.119. The molecule has 4 heteroatoms. The monoisotopic (exact) mass is 341 g/mol. The number of hydrogen-bond acceptors (Lipinski definition) is 2. The lowest BCUT2D eigenvalue weighted by Gasteiger charge is -2.33. The highest BCUT2D eigenvalue weighted by atomic mass is 35.5. The summed E-state index contributed by atoms with van der Waals surface area (Å²) in [7, 11) is 0. The van der Waals surface area contributed by atoms with Crippen molar-refractivity contribution in [1.29, 1.82) is 0 Å². The number of amides is 1. The fraction of sp³-hybridized carbons (Fsp3) is 0.350. The second kappa shape index (κ2) is 5.00. The van der Waals surface area contributed by atoms with Crippen molar-refractivity contribution in [2.75, 3.05) is 5.32 Å². The van der Waals surface area contributed by atoms with Crippen LogP contribution in [-0.4, -0.2) is 11.5 Å². The summed E-state index contributed by atoms with van der Waals surface area (Å²) in [6.07, 6.45) is 1.92. The molecule has 0 spiro atoms. The van der Waals surface area contributed by atoms with E-state index in [0.29, 0.717) is 5.02 Å². The van der Waals surface area contributed by atoms with Crippen molar-refractivity contribution in [2.45, 2.75) is 44.6 Å². The minimum Gasteiger partial charge on any atom is -0.488 e. The first kappa shape index (κ1) is 15.5. The first-order chi connectivity index (χ1) is 11.3. The molecule has 2 aromatic carbocycles. The normalized spacial score (nSPS) is 23.9. The largest absolute Gasteiger partial charge is 0.488 e. The Bertz CT molecular complexity index is 859. The summed E-state index contributed by atoms with van der Waals surface area (Å²) < 4.78 is 6.06. The van der Waals surface area contributed by atoms with E-state index >= 15 is 0 Å². The van der Waals surface area contributed by atoms with E-state index in [4.69, 9.17) is 16.3 Å². The van der Waals surface area contributed by atoms with Gasteiger partial charge < -0.3 is 10.1 Å². The topological polar surface area (TPSA) is 38.3 Å². The summed E-state index contributed by atoms with van der Waals surface area (Å²) in [6, 6.07) is 11.6.